The predicted octanol–water partition coefficient (Wildman–Crippen LogP) is 2.56. The standard InChI is InChI=1S/C13H21BrN4/c1-3-12-16-11(14)7-13(17-12)15-8-10-5-4-6-18(2)9-10/h7,10H,3-6,8-9H2,1-2H3,(H,15,16,17). The Morgan fingerprint density at radius 2 is 2.33 bits per heavy atom. The molecule has 4 nitrogen and oxygen atoms in total. The van der Waals surface area contributed by atoms with Crippen LogP contribution in [0.25, 0.3) is 0 Å². The van der Waals surface area contributed by atoms with Gasteiger partial charge >= 0.3 is 0 Å². The summed E-state index contributed by atoms with van der Waals surface area (Å²) in [5.74, 6) is 2.54. The van der Waals surface area contributed by atoms with Crippen molar-refractivity contribution < 1.29 is 0 Å². The summed E-state index contributed by atoms with van der Waals surface area (Å²) in [7, 11) is 2.20. The van der Waals surface area contributed by atoms with Crippen LogP contribution in [0.1, 0.15) is 25.6 Å². The van der Waals surface area contributed by atoms with Crippen LogP contribution in [-0.4, -0.2) is 41.5 Å². The normalized spacial score (nSPS) is 20.9. The molecule has 1 saturated heterocycles. The predicted molar refractivity (Wildman–Crippen MR) is 77.8 cm³/mol. The van der Waals surface area contributed by atoms with Crippen molar-refractivity contribution in [3.8, 4) is 0 Å². The zero-order valence-corrected chi connectivity index (χ0v) is 12.7. The molecular formula is C13H21BrN4. The fourth-order valence-electron chi connectivity index (χ4n) is 2.40. The second-order valence-corrected chi connectivity index (χ2v) is 5.81. The first-order chi connectivity index (χ1) is 8.67. The zero-order valence-electron chi connectivity index (χ0n) is 11.1. The van der Waals surface area contributed by atoms with E-state index in [4.69, 9.17) is 0 Å². The minimum absolute atomic E-state index is 0.725. The van der Waals surface area contributed by atoms with Crippen molar-refractivity contribution in [3.63, 3.8) is 0 Å². The lowest BCUT2D eigenvalue weighted by atomic mass is 9.98. The van der Waals surface area contributed by atoms with Gasteiger partial charge in [0.1, 0.15) is 16.2 Å². The van der Waals surface area contributed by atoms with Crippen LogP contribution >= 0.6 is 15.9 Å². The molecule has 100 valence electrons. The van der Waals surface area contributed by atoms with E-state index < -0.39 is 0 Å². The highest BCUT2D eigenvalue weighted by molar-refractivity contribution is 9.10. The number of rotatable bonds is 4. The first-order valence-electron chi connectivity index (χ1n) is 6.63. The van der Waals surface area contributed by atoms with Crippen molar-refractivity contribution in [2.45, 2.75) is 26.2 Å². The monoisotopic (exact) mass is 312 g/mol. The SMILES string of the molecule is CCc1nc(Br)cc(NCC2CCCN(C)C2)n1. The van der Waals surface area contributed by atoms with Gasteiger partial charge in [-0.3, -0.25) is 0 Å². The molecule has 18 heavy (non-hydrogen) atoms. The lowest BCUT2D eigenvalue weighted by Crippen LogP contribution is -2.35. The van der Waals surface area contributed by atoms with Crippen LogP contribution in [0.3, 0.4) is 0 Å². The zero-order chi connectivity index (χ0) is 13.0. The van der Waals surface area contributed by atoms with Crippen LogP contribution < -0.4 is 5.32 Å². The van der Waals surface area contributed by atoms with Gasteiger partial charge in [-0.05, 0) is 48.3 Å². The summed E-state index contributed by atoms with van der Waals surface area (Å²) in [5, 5.41) is 3.44. The molecule has 0 aromatic carbocycles. The molecule has 2 heterocycles. The minimum Gasteiger partial charge on any atom is -0.370 e. The molecule has 1 aromatic rings. The molecule has 0 radical (unpaired) electrons. The number of hydrogen-bond acceptors (Lipinski definition) is 4. The molecule has 1 unspecified atom stereocenters. The van der Waals surface area contributed by atoms with Gasteiger partial charge < -0.3 is 10.2 Å². The summed E-state index contributed by atoms with van der Waals surface area (Å²) in [6.45, 7) is 5.48. The van der Waals surface area contributed by atoms with Crippen molar-refractivity contribution >= 4 is 21.7 Å². The molecule has 0 bridgehead atoms. The van der Waals surface area contributed by atoms with Gasteiger partial charge in [0, 0.05) is 25.6 Å². The number of aryl methyl sites for hydroxylation is 1. The number of nitrogens with zero attached hydrogens (tertiary/aromatic N) is 3. The highest BCUT2D eigenvalue weighted by Crippen LogP contribution is 2.17. The quantitative estimate of drug-likeness (QED) is 0.868. The molecule has 5 heteroatoms. The summed E-state index contributed by atoms with van der Waals surface area (Å²) in [6.07, 6.45) is 3.47. The number of nitrogens with one attached hydrogen (secondary N) is 1. The maximum absolute atomic E-state index is 4.49. The van der Waals surface area contributed by atoms with Crippen LogP contribution in [0.4, 0.5) is 5.82 Å². The average molecular weight is 313 g/mol. The lowest BCUT2D eigenvalue weighted by molar-refractivity contribution is 0.217. The van der Waals surface area contributed by atoms with Crippen LogP contribution in [-0.2, 0) is 6.42 Å². The highest BCUT2D eigenvalue weighted by Gasteiger charge is 2.16. The molecule has 1 aliphatic heterocycles. The molecule has 0 spiro atoms. The minimum atomic E-state index is 0.725. The van der Waals surface area contributed by atoms with E-state index in [0.717, 1.165) is 35.1 Å². The molecule has 0 aliphatic carbocycles. The van der Waals surface area contributed by atoms with Gasteiger partial charge in [-0.2, -0.15) is 0 Å². The average Bonchev–Trinajstić information content (AvgIpc) is 2.36. The van der Waals surface area contributed by atoms with E-state index in [-0.39, 0.29) is 0 Å². The van der Waals surface area contributed by atoms with Gasteiger partial charge in [0.05, 0.1) is 0 Å². The van der Waals surface area contributed by atoms with E-state index in [1.807, 2.05) is 6.07 Å². The first kappa shape index (κ1) is 13.7. The molecule has 2 rings (SSSR count). The second-order valence-electron chi connectivity index (χ2n) is 5.00. The first-order valence-corrected chi connectivity index (χ1v) is 7.42. The molecule has 1 aliphatic rings. The number of likely N-dealkylation sites (tertiary alicyclic amines) is 1. The molecule has 1 fully saturated rings. The van der Waals surface area contributed by atoms with Crippen molar-refractivity contribution in [2.24, 2.45) is 5.92 Å². The molecular weight excluding hydrogens is 292 g/mol. The van der Waals surface area contributed by atoms with Gasteiger partial charge in [0.15, 0.2) is 0 Å². The molecule has 1 aromatic heterocycles. The Bertz CT molecular complexity index is 397. The van der Waals surface area contributed by atoms with Gasteiger partial charge in [-0.1, -0.05) is 6.92 Å². The molecule has 0 amide bonds. The highest BCUT2D eigenvalue weighted by atomic mass is 79.9. The Hall–Kier alpha value is -0.680. The summed E-state index contributed by atoms with van der Waals surface area (Å²) in [5.41, 5.74) is 0. The Balaban J connectivity index is 1.91. The van der Waals surface area contributed by atoms with Crippen LogP contribution in [0.15, 0.2) is 10.7 Å². The number of halogens is 1. The van der Waals surface area contributed by atoms with E-state index in [2.05, 4.69) is 50.1 Å². The largest absolute Gasteiger partial charge is 0.370 e. The summed E-state index contributed by atoms with van der Waals surface area (Å²) >= 11 is 3.43. The maximum Gasteiger partial charge on any atom is 0.131 e. The van der Waals surface area contributed by atoms with Crippen molar-refractivity contribution in [2.75, 3.05) is 32.0 Å². The fourth-order valence-corrected chi connectivity index (χ4v) is 2.82. The summed E-state index contributed by atoms with van der Waals surface area (Å²) in [6, 6.07) is 1.95. The Labute approximate surface area is 117 Å². The number of hydrogen-bond donors (Lipinski definition) is 1. The Kier molecular flexibility index (Phi) is 4.95. The Morgan fingerprint density at radius 3 is 3.06 bits per heavy atom. The lowest BCUT2D eigenvalue weighted by Gasteiger charge is -2.29. The fraction of sp³-hybridized carbons (Fsp3) is 0.692. The Morgan fingerprint density at radius 1 is 1.50 bits per heavy atom. The smallest absolute Gasteiger partial charge is 0.131 e. The second kappa shape index (κ2) is 6.48. The maximum atomic E-state index is 4.49. The van der Waals surface area contributed by atoms with Crippen molar-refractivity contribution in [1.29, 1.82) is 0 Å². The van der Waals surface area contributed by atoms with Crippen LogP contribution in [0, 0.1) is 5.92 Å². The van der Waals surface area contributed by atoms with E-state index >= 15 is 0 Å². The van der Waals surface area contributed by atoms with Gasteiger partial charge in [-0.15, -0.1) is 0 Å². The number of aromatic nitrogens is 2. The summed E-state index contributed by atoms with van der Waals surface area (Å²) in [4.78, 5) is 11.2. The van der Waals surface area contributed by atoms with Crippen molar-refractivity contribution in [1.82, 2.24) is 14.9 Å². The van der Waals surface area contributed by atoms with E-state index in [1.165, 1.54) is 25.9 Å². The summed E-state index contributed by atoms with van der Waals surface area (Å²) < 4.78 is 0.859. The topological polar surface area (TPSA) is 41.1 Å². The third-order valence-electron chi connectivity index (χ3n) is 3.35. The van der Waals surface area contributed by atoms with E-state index in [9.17, 15) is 0 Å². The van der Waals surface area contributed by atoms with E-state index in [0.29, 0.717) is 0 Å². The van der Waals surface area contributed by atoms with E-state index in [1.54, 1.807) is 0 Å². The van der Waals surface area contributed by atoms with Gasteiger partial charge in [0.2, 0.25) is 0 Å². The van der Waals surface area contributed by atoms with Crippen LogP contribution in [0.5, 0.6) is 0 Å². The third kappa shape index (κ3) is 3.92. The molecule has 1 atom stereocenters. The van der Waals surface area contributed by atoms with Gasteiger partial charge in [-0.25, -0.2) is 9.97 Å². The third-order valence-corrected chi connectivity index (χ3v) is 3.76. The van der Waals surface area contributed by atoms with Gasteiger partial charge in [0.25, 0.3) is 0 Å². The number of anilines is 1. The molecule has 0 saturated carbocycles. The van der Waals surface area contributed by atoms with Crippen molar-refractivity contribution in [3.05, 3.63) is 16.5 Å². The van der Waals surface area contributed by atoms with Crippen LogP contribution in [0.2, 0.25) is 0 Å². The molecule has 1 N–H and O–H groups in total. The number of piperidine rings is 1.